The first kappa shape index (κ1) is 31.9. The molecule has 0 aliphatic heterocycles. The van der Waals surface area contributed by atoms with Crippen LogP contribution < -0.4 is 0 Å². The van der Waals surface area contributed by atoms with E-state index >= 15 is 0 Å². The third-order valence-corrected chi connectivity index (χ3v) is 12.4. The van der Waals surface area contributed by atoms with Gasteiger partial charge in [0.05, 0.1) is 22.1 Å². The maximum absolute atomic E-state index is 5.43. The van der Waals surface area contributed by atoms with Crippen molar-refractivity contribution in [3.8, 4) is 45.5 Å². The van der Waals surface area contributed by atoms with Gasteiger partial charge in [0, 0.05) is 47.3 Å². The quantitative estimate of drug-likeness (QED) is 0.176. The molecule has 0 fully saturated rings. The number of fused-ring (bicyclic) bond motifs is 9. The number of hydrogen-bond donors (Lipinski definition) is 0. The van der Waals surface area contributed by atoms with Crippen molar-refractivity contribution in [2.45, 2.75) is 0 Å². The van der Waals surface area contributed by atoms with Gasteiger partial charge in [0.1, 0.15) is 0 Å². The van der Waals surface area contributed by atoms with E-state index in [1.54, 1.807) is 0 Å². The van der Waals surface area contributed by atoms with Crippen LogP contribution in [0.15, 0.2) is 188 Å². The van der Waals surface area contributed by atoms with Gasteiger partial charge in [-0.25, -0.2) is 0 Å². The van der Waals surface area contributed by atoms with Gasteiger partial charge in [0.15, 0.2) is 5.82 Å². The van der Waals surface area contributed by atoms with Gasteiger partial charge in [-0.05, 0) is 58.7 Å². The summed E-state index contributed by atoms with van der Waals surface area (Å²) in [5, 5.41) is 7.15. The number of benzene rings is 8. The van der Waals surface area contributed by atoms with Crippen LogP contribution in [-0.4, -0.2) is 24.1 Å². The van der Waals surface area contributed by atoms with E-state index in [2.05, 4.69) is 197 Å². The molecular formula is C51H31N5S. The third-order valence-electron chi connectivity index (χ3n) is 11.2. The Kier molecular flexibility index (Phi) is 7.03. The Morgan fingerprint density at radius 1 is 0.316 bits per heavy atom. The number of hydrogen-bond acceptors (Lipinski definition) is 4. The summed E-state index contributed by atoms with van der Waals surface area (Å²) < 4.78 is 6.95. The monoisotopic (exact) mass is 745 g/mol. The van der Waals surface area contributed by atoms with E-state index in [1.807, 2.05) is 11.3 Å². The predicted molar refractivity (Wildman–Crippen MR) is 238 cm³/mol. The normalized spacial score (nSPS) is 11.9. The van der Waals surface area contributed by atoms with E-state index in [0.29, 0.717) is 17.7 Å². The van der Waals surface area contributed by atoms with Crippen molar-refractivity contribution in [2.24, 2.45) is 0 Å². The Balaban J connectivity index is 1.16. The summed E-state index contributed by atoms with van der Waals surface area (Å²) in [6.07, 6.45) is 0. The van der Waals surface area contributed by atoms with Gasteiger partial charge in [-0.3, -0.25) is 9.13 Å². The predicted octanol–water partition coefficient (Wildman–Crippen LogP) is 13.4. The first-order valence-electron chi connectivity index (χ1n) is 19.1. The smallest absolute Gasteiger partial charge is 0.240 e. The Bertz CT molecular complexity index is 3490. The summed E-state index contributed by atoms with van der Waals surface area (Å²) in [5.41, 5.74) is 9.56. The molecule has 4 heterocycles. The number of thiophene rings is 1. The van der Waals surface area contributed by atoms with Crippen molar-refractivity contribution in [1.82, 2.24) is 24.1 Å². The molecule has 6 heteroatoms. The molecule has 0 aliphatic rings. The standard InChI is InChI=1S/C51H31N5S/c1-2-14-32(15-3-1)33-26-28-39-38-19-8-12-24-45(38)56(46(39)30-33)51-53-49(52-50(54-51)55-43-22-10-6-17-36(43)37-18-7-11-23-44(37)55)42-21-5-4-16-35(42)34-27-29-41-40-20-9-13-25-47(40)57-48(41)31-34/h1-31H. The van der Waals surface area contributed by atoms with Gasteiger partial charge >= 0.3 is 0 Å². The summed E-state index contributed by atoms with van der Waals surface area (Å²) in [7, 11) is 0. The number of nitrogens with zero attached hydrogens (tertiary/aromatic N) is 5. The Labute approximate surface area is 331 Å². The Morgan fingerprint density at radius 2 is 0.807 bits per heavy atom. The highest BCUT2D eigenvalue weighted by molar-refractivity contribution is 7.25. The molecule has 0 spiro atoms. The summed E-state index contributed by atoms with van der Waals surface area (Å²) in [6, 6.07) is 66.7. The first-order chi connectivity index (χ1) is 28.3. The molecule has 57 heavy (non-hydrogen) atoms. The molecule has 266 valence electrons. The molecule has 0 radical (unpaired) electrons. The lowest BCUT2D eigenvalue weighted by atomic mass is 9.98. The van der Waals surface area contributed by atoms with Gasteiger partial charge in [-0.2, -0.15) is 15.0 Å². The molecule has 12 rings (SSSR count). The maximum Gasteiger partial charge on any atom is 0.240 e. The minimum atomic E-state index is 0.558. The molecule has 0 amide bonds. The number of aromatic nitrogens is 5. The highest BCUT2D eigenvalue weighted by Gasteiger charge is 2.22. The van der Waals surface area contributed by atoms with Gasteiger partial charge < -0.3 is 0 Å². The second kappa shape index (κ2) is 12.6. The molecule has 5 nitrogen and oxygen atoms in total. The van der Waals surface area contributed by atoms with Crippen LogP contribution in [-0.2, 0) is 0 Å². The molecule has 12 aromatic rings. The van der Waals surface area contributed by atoms with Crippen molar-refractivity contribution in [1.29, 1.82) is 0 Å². The maximum atomic E-state index is 5.43. The van der Waals surface area contributed by atoms with Crippen LogP contribution in [0, 0.1) is 0 Å². The largest absolute Gasteiger partial charge is 0.278 e. The van der Waals surface area contributed by atoms with Crippen molar-refractivity contribution in [3.63, 3.8) is 0 Å². The highest BCUT2D eigenvalue weighted by Crippen LogP contribution is 2.40. The minimum Gasteiger partial charge on any atom is -0.278 e. The van der Waals surface area contributed by atoms with Crippen LogP contribution >= 0.6 is 11.3 Å². The van der Waals surface area contributed by atoms with Gasteiger partial charge in [0.2, 0.25) is 11.9 Å². The molecule has 0 atom stereocenters. The summed E-state index contributed by atoms with van der Waals surface area (Å²) in [4.78, 5) is 16.2. The number of para-hydroxylation sites is 3. The van der Waals surface area contributed by atoms with Crippen molar-refractivity contribution in [3.05, 3.63) is 188 Å². The SMILES string of the molecule is c1ccc(-c2ccc3c4ccccc4n(-c4nc(-c5ccccc5-c5ccc6c(c5)sc5ccccc56)nc(-n5c6ccccc6c6ccccc65)n4)c3c2)cc1. The Hall–Kier alpha value is -7.41. The minimum absolute atomic E-state index is 0.558. The van der Waals surface area contributed by atoms with Gasteiger partial charge in [0.25, 0.3) is 0 Å². The van der Waals surface area contributed by atoms with Crippen LogP contribution in [0.1, 0.15) is 0 Å². The lowest BCUT2D eigenvalue weighted by molar-refractivity contribution is 0.893. The van der Waals surface area contributed by atoms with E-state index in [4.69, 9.17) is 15.0 Å². The van der Waals surface area contributed by atoms with E-state index in [0.717, 1.165) is 71.4 Å². The zero-order valence-electron chi connectivity index (χ0n) is 30.5. The summed E-state index contributed by atoms with van der Waals surface area (Å²) >= 11 is 1.83. The second-order valence-electron chi connectivity index (χ2n) is 14.4. The second-order valence-corrected chi connectivity index (χ2v) is 15.5. The van der Waals surface area contributed by atoms with Gasteiger partial charge in [-0.1, -0.05) is 152 Å². The molecule has 0 bridgehead atoms. The van der Waals surface area contributed by atoms with Crippen molar-refractivity contribution < 1.29 is 0 Å². The highest BCUT2D eigenvalue weighted by atomic mass is 32.1. The molecule has 0 saturated carbocycles. The fourth-order valence-corrected chi connectivity index (χ4v) is 9.78. The zero-order chi connectivity index (χ0) is 37.5. The average molecular weight is 746 g/mol. The molecule has 4 aromatic heterocycles. The molecule has 0 N–H and O–H groups in total. The van der Waals surface area contributed by atoms with Crippen molar-refractivity contribution in [2.75, 3.05) is 0 Å². The molecular weight excluding hydrogens is 715 g/mol. The van der Waals surface area contributed by atoms with E-state index in [9.17, 15) is 0 Å². The molecule has 8 aromatic carbocycles. The Morgan fingerprint density at radius 3 is 1.49 bits per heavy atom. The van der Waals surface area contributed by atoms with Crippen LogP contribution in [0.4, 0.5) is 0 Å². The van der Waals surface area contributed by atoms with Crippen LogP contribution in [0.5, 0.6) is 0 Å². The third kappa shape index (κ3) is 4.98. The lowest BCUT2D eigenvalue weighted by Gasteiger charge is -2.14. The topological polar surface area (TPSA) is 48.5 Å². The fraction of sp³-hybridized carbons (Fsp3) is 0. The molecule has 0 saturated heterocycles. The van der Waals surface area contributed by atoms with Crippen molar-refractivity contribution >= 4 is 75.1 Å². The lowest BCUT2D eigenvalue weighted by Crippen LogP contribution is -2.10. The number of rotatable bonds is 5. The first-order valence-corrected chi connectivity index (χ1v) is 19.9. The van der Waals surface area contributed by atoms with Crippen LogP contribution in [0.2, 0.25) is 0 Å². The van der Waals surface area contributed by atoms with E-state index < -0.39 is 0 Å². The average Bonchev–Trinajstić information content (AvgIpc) is 3.94. The molecule has 0 aliphatic carbocycles. The van der Waals surface area contributed by atoms with Crippen LogP contribution in [0.3, 0.4) is 0 Å². The summed E-state index contributed by atoms with van der Waals surface area (Å²) in [5.74, 6) is 1.73. The van der Waals surface area contributed by atoms with E-state index in [1.165, 1.54) is 20.2 Å². The van der Waals surface area contributed by atoms with Gasteiger partial charge in [-0.15, -0.1) is 11.3 Å². The summed E-state index contributed by atoms with van der Waals surface area (Å²) in [6.45, 7) is 0. The molecule has 0 unspecified atom stereocenters. The van der Waals surface area contributed by atoms with E-state index in [-0.39, 0.29) is 0 Å². The zero-order valence-corrected chi connectivity index (χ0v) is 31.4. The van der Waals surface area contributed by atoms with Crippen LogP contribution in [0.25, 0.3) is 109 Å². The fourth-order valence-electron chi connectivity index (χ4n) is 8.63.